The Bertz CT molecular complexity index is 441. The molecule has 0 amide bonds. The molecule has 0 aliphatic rings. The molecule has 0 radical (unpaired) electrons. The zero-order chi connectivity index (χ0) is 12.2. The molecule has 1 aromatic heterocycles. The second kappa shape index (κ2) is 5.67. The Labute approximate surface area is 98.9 Å². The number of aliphatic hydroxyl groups is 1. The first-order valence-corrected chi connectivity index (χ1v) is 7.54. The van der Waals surface area contributed by atoms with Crippen molar-refractivity contribution in [1.29, 1.82) is 0 Å². The summed E-state index contributed by atoms with van der Waals surface area (Å²) < 4.78 is 26.0. The molecule has 1 aromatic rings. The van der Waals surface area contributed by atoms with Gasteiger partial charge in [-0.05, 0) is 13.2 Å². The summed E-state index contributed by atoms with van der Waals surface area (Å²) in [5.74, 6) is 0.692. The van der Waals surface area contributed by atoms with Crippen molar-refractivity contribution in [1.82, 2.24) is 14.9 Å². The first kappa shape index (κ1) is 13.5. The zero-order valence-corrected chi connectivity index (χ0v) is 10.8. The summed E-state index contributed by atoms with van der Waals surface area (Å²) in [5.41, 5.74) is 0.879. The monoisotopic (exact) mass is 265 g/mol. The van der Waals surface area contributed by atoms with Crippen molar-refractivity contribution in [2.75, 3.05) is 18.6 Å². The molecule has 0 saturated carbocycles. The smallest absolute Gasteiger partial charge is 0.260 e. The number of thioether (sulfide) groups is 1. The minimum atomic E-state index is -3.62. The highest BCUT2D eigenvalue weighted by molar-refractivity contribution is 7.98. The Kier molecular flexibility index (Phi) is 4.78. The minimum absolute atomic E-state index is 0.117. The van der Waals surface area contributed by atoms with Crippen molar-refractivity contribution in [2.24, 2.45) is 0 Å². The van der Waals surface area contributed by atoms with Gasteiger partial charge in [0.2, 0.25) is 0 Å². The van der Waals surface area contributed by atoms with Crippen LogP contribution in [0.1, 0.15) is 11.3 Å². The maximum Gasteiger partial charge on any atom is 0.260 e. The number of hydrogen-bond donors (Lipinski definition) is 3. The van der Waals surface area contributed by atoms with Crippen molar-refractivity contribution in [3.8, 4) is 0 Å². The van der Waals surface area contributed by atoms with Crippen LogP contribution in [0.15, 0.2) is 5.03 Å². The molecule has 0 fully saturated rings. The molecule has 1 rings (SSSR count). The van der Waals surface area contributed by atoms with Gasteiger partial charge in [-0.25, -0.2) is 13.1 Å². The lowest BCUT2D eigenvalue weighted by Gasteiger charge is -2.04. The molecular formula is C8H15N3O3S2. The SMILES string of the molecule is CSCCNS(=O)(=O)c1n[nH]c(C)c1CO. The predicted molar refractivity (Wildman–Crippen MR) is 62.8 cm³/mol. The van der Waals surface area contributed by atoms with Gasteiger partial charge in [0.25, 0.3) is 10.0 Å². The number of aromatic nitrogens is 2. The van der Waals surface area contributed by atoms with Gasteiger partial charge in [0, 0.05) is 23.6 Å². The van der Waals surface area contributed by atoms with Crippen LogP contribution in [0, 0.1) is 6.92 Å². The standard InChI is InChI=1S/C8H15N3O3S2/c1-6-7(5-12)8(11-10-6)16(13,14)9-3-4-15-2/h9,12H,3-5H2,1-2H3,(H,10,11). The van der Waals surface area contributed by atoms with E-state index < -0.39 is 10.0 Å². The van der Waals surface area contributed by atoms with Gasteiger partial charge in [-0.3, -0.25) is 5.10 Å². The molecule has 0 atom stereocenters. The summed E-state index contributed by atoms with van der Waals surface area (Å²) in [7, 11) is -3.62. The number of nitrogens with one attached hydrogen (secondary N) is 2. The van der Waals surface area contributed by atoms with Gasteiger partial charge < -0.3 is 5.11 Å². The average molecular weight is 265 g/mol. The molecule has 0 aliphatic carbocycles. The highest BCUT2D eigenvalue weighted by Crippen LogP contribution is 2.15. The number of H-pyrrole nitrogens is 1. The summed E-state index contributed by atoms with van der Waals surface area (Å²) in [5, 5.41) is 15.2. The van der Waals surface area contributed by atoms with Crippen molar-refractivity contribution < 1.29 is 13.5 Å². The van der Waals surface area contributed by atoms with Crippen molar-refractivity contribution in [3.05, 3.63) is 11.3 Å². The van der Waals surface area contributed by atoms with Crippen LogP contribution in [0.4, 0.5) is 0 Å². The van der Waals surface area contributed by atoms with Crippen molar-refractivity contribution in [2.45, 2.75) is 18.6 Å². The predicted octanol–water partition coefficient (Wildman–Crippen LogP) is -0.148. The third-order valence-corrected chi connectivity index (χ3v) is 4.09. The van der Waals surface area contributed by atoms with E-state index in [9.17, 15) is 8.42 Å². The maximum absolute atomic E-state index is 11.8. The van der Waals surface area contributed by atoms with Crippen LogP contribution in [0.2, 0.25) is 0 Å². The third kappa shape index (κ3) is 2.97. The Morgan fingerprint density at radius 2 is 2.25 bits per heavy atom. The van der Waals surface area contributed by atoms with E-state index in [-0.39, 0.29) is 11.6 Å². The van der Waals surface area contributed by atoms with E-state index in [1.165, 1.54) is 0 Å². The first-order chi connectivity index (χ1) is 7.53. The lowest BCUT2D eigenvalue weighted by atomic mass is 10.3. The van der Waals surface area contributed by atoms with Crippen LogP contribution < -0.4 is 4.72 Å². The second-order valence-electron chi connectivity index (χ2n) is 3.18. The van der Waals surface area contributed by atoms with E-state index in [1.54, 1.807) is 18.7 Å². The molecule has 0 bridgehead atoms. The fraction of sp³-hybridized carbons (Fsp3) is 0.625. The van der Waals surface area contributed by atoms with Crippen molar-refractivity contribution in [3.63, 3.8) is 0 Å². The Morgan fingerprint density at radius 3 is 2.81 bits per heavy atom. The van der Waals surface area contributed by atoms with Crippen LogP contribution in [0.25, 0.3) is 0 Å². The molecule has 6 nitrogen and oxygen atoms in total. The molecule has 0 spiro atoms. The molecular weight excluding hydrogens is 250 g/mol. The van der Waals surface area contributed by atoms with Gasteiger partial charge in [0.1, 0.15) is 0 Å². The number of aryl methyl sites for hydroxylation is 1. The van der Waals surface area contributed by atoms with Gasteiger partial charge in [0.05, 0.1) is 6.61 Å². The number of hydrogen-bond acceptors (Lipinski definition) is 5. The van der Waals surface area contributed by atoms with Gasteiger partial charge in [-0.15, -0.1) is 0 Å². The van der Waals surface area contributed by atoms with E-state index in [0.717, 1.165) is 0 Å². The number of aliphatic hydroxyl groups excluding tert-OH is 1. The fourth-order valence-corrected chi connectivity index (χ4v) is 2.84. The third-order valence-electron chi connectivity index (χ3n) is 2.05. The summed E-state index contributed by atoms with van der Waals surface area (Å²) in [6, 6.07) is 0. The molecule has 0 saturated heterocycles. The number of nitrogens with zero attached hydrogens (tertiary/aromatic N) is 1. The summed E-state index contributed by atoms with van der Waals surface area (Å²) in [6.45, 7) is 1.67. The number of rotatable bonds is 6. The number of aromatic amines is 1. The Balaban J connectivity index is 2.89. The van der Waals surface area contributed by atoms with Gasteiger partial charge in [-0.1, -0.05) is 0 Å². The lowest BCUT2D eigenvalue weighted by Crippen LogP contribution is -2.27. The molecule has 8 heteroatoms. The average Bonchev–Trinajstić information content (AvgIpc) is 2.60. The summed E-state index contributed by atoms with van der Waals surface area (Å²) in [4.78, 5) is 0. The zero-order valence-electron chi connectivity index (χ0n) is 9.15. The highest BCUT2D eigenvalue weighted by Gasteiger charge is 2.22. The minimum Gasteiger partial charge on any atom is -0.392 e. The Morgan fingerprint density at radius 1 is 1.56 bits per heavy atom. The van der Waals surface area contributed by atoms with Crippen LogP contribution in [0.3, 0.4) is 0 Å². The topological polar surface area (TPSA) is 95.1 Å². The van der Waals surface area contributed by atoms with E-state index in [4.69, 9.17) is 5.11 Å². The molecule has 0 aliphatic heterocycles. The van der Waals surface area contributed by atoms with Crippen LogP contribution in [-0.4, -0.2) is 42.3 Å². The molecule has 0 unspecified atom stereocenters. The van der Waals surface area contributed by atoms with Crippen LogP contribution in [0.5, 0.6) is 0 Å². The largest absolute Gasteiger partial charge is 0.392 e. The molecule has 16 heavy (non-hydrogen) atoms. The highest BCUT2D eigenvalue weighted by atomic mass is 32.2. The summed E-state index contributed by atoms with van der Waals surface area (Å²) >= 11 is 1.55. The van der Waals surface area contributed by atoms with E-state index in [1.807, 2.05) is 6.26 Å². The van der Waals surface area contributed by atoms with Crippen LogP contribution in [-0.2, 0) is 16.6 Å². The van der Waals surface area contributed by atoms with Crippen molar-refractivity contribution >= 4 is 21.8 Å². The lowest BCUT2D eigenvalue weighted by molar-refractivity contribution is 0.277. The molecule has 1 heterocycles. The Hall–Kier alpha value is -0.570. The van der Waals surface area contributed by atoms with E-state index >= 15 is 0 Å². The number of sulfonamides is 1. The first-order valence-electron chi connectivity index (χ1n) is 4.66. The maximum atomic E-state index is 11.8. The van der Waals surface area contributed by atoms with Gasteiger partial charge >= 0.3 is 0 Å². The normalized spacial score (nSPS) is 11.9. The van der Waals surface area contributed by atoms with E-state index in [2.05, 4.69) is 14.9 Å². The van der Waals surface area contributed by atoms with E-state index in [0.29, 0.717) is 23.6 Å². The fourth-order valence-electron chi connectivity index (χ4n) is 1.18. The quantitative estimate of drug-likeness (QED) is 0.622. The van der Waals surface area contributed by atoms with Gasteiger partial charge in [-0.2, -0.15) is 16.9 Å². The summed E-state index contributed by atoms with van der Waals surface area (Å²) in [6.07, 6.45) is 1.89. The molecule has 92 valence electrons. The van der Waals surface area contributed by atoms with Crippen LogP contribution >= 0.6 is 11.8 Å². The second-order valence-corrected chi connectivity index (χ2v) is 5.85. The molecule has 3 N–H and O–H groups in total. The van der Waals surface area contributed by atoms with Gasteiger partial charge in [0.15, 0.2) is 5.03 Å². The molecule has 0 aromatic carbocycles.